The molecule has 144 valence electrons. The first-order chi connectivity index (χ1) is 12.2. The number of nitrogens with one attached hydrogen (secondary N) is 2. The smallest absolute Gasteiger partial charge is 0.242 e. The number of carbonyl (C=O) groups is 3. The van der Waals surface area contributed by atoms with Gasteiger partial charge in [-0.25, -0.2) is 0 Å². The molecule has 2 N–H and O–H groups in total. The molecule has 0 bridgehead atoms. The summed E-state index contributed by atoms with van der Waals surface area (Å²) in [6.45, 7) is 8.65. The van der Waals surface area contributed by atoms with Crippen molar-refractivity contribution in [2.24, 2.45) is 11.3 Å². The van der Waals surface area contributed by atoms with Crippen LogP contribution in [0.2, 0.25) is 0 Å². The summed E-state index contributed by atoms with van der Waals surface area (Å²) >= 11 is 0. The standard InChI is InChI=1S/C19H29N3O4/c1-13(16(23)20-11-15-8-6-10-26-15)21-17(24)14-7-5-9-22(12-14)18(25)19(2,3)4/h6,8,10,13-14H,5,7,9,11-12H2,1-4H3,(H,20,23)(H,21,24). The molecule has 2 rings (SSSR count). The van der Waals surface area contributed by atoms with Crippen molar-refractivity contribution in [3.05, 3.63) is 24.2 Å². The van der Waals surface area contributed by atoms with Gasteiger partial charge < -0.3 is 20.0 Å². The van der Waals surface area contributed by atoms with E-state index in [0.29, 0.717) is 18.8 Å². The van der Waals surface area contributed by atoms with E-state index < -0.39 is 11.5 Å². The number of likely N-dealkylation sites (tertiary alicyclic amines) is 1. The van der Waals surface area contributed by atoms with Crippen LogP contribution in [0.15, 0.2) is 22.8 Å². The SMILES string of the molecule is CC(NC(=O)C1CCCN(C(=O)C(C)(C)C)C1)C(=O)NCc1ccco1. The maximum atomic E-state index is 12.5. The van der Waals surface area contributed by atoms with E-state index in [1.807, 2.05) is 20.8 Å². The van der Waals surface area contributed by atoms with Gasteiger partial charge in [-0.1, -0.05) is 20.8 Å². The Labute approximate surface area is 154 Å². The summed E-state index contributed by atoms with van der Waals surface area (Å²) in [7, 11) is 0. The largest absolute Gasteiger partial charge is 0.467 e. The van der Waals surface area contributed by atoms with Crippen LogP contribution < -0.4 is 10.6 Å². The molecule has 2 atom stereocenters. The molecule has 1 aromatic heterocycles. The van der Waals surface area contributed by atoms with Crippen LogP contribution in [-0.4, -0.2) is 41.8 Å². The maximum Gasteiger partial charge on any atom is 0.242 e. The molecule has 1 fully saturated rings. The normalized spacial score (nSPS) is 18.9. The summed E-state index contributed by atoms with van der Waals surface area (Å²) in [5.74, 6) is -0.0275. The van der Waals surface area contributed by atoms with E-state index in [-0.39, 0.29) is 30.2 Å². The zero-order valence-electron chi connectivity index (χ0n) is 16.0. The van der Waals surface area contributed by atoms with Crippen molar-refractivity contribution < 1.29 is 18.8 Å². The number of amides is 3. The fraction of sp³-hybridized carbons (Fsp3) is 0.632. The average Bonchev–Trinajstić information content (AvgIpc) is 3.11. The molecule has 0 aromatic carbocycles. The summed E-state index contributed by atoms with van der Waals surface area (Å²) < 4.78 is 5.16. The first-order valence-corrected chi connectivity index (χ1v) is 9.08. The Morgan fingerprint density at radius 2 is 2.08 bits per heavy atom. The molecule has 0 aliphatic carbocycles. The van der Waals surface area contributed by atoms with Crippen LogP contribution in [-0.2, 0) is 20.9 Å². The zero-order valence-corrected chi connectivity index (χ0v) is 16.0. The molecule has 1 aromatic rings. The molecule has 2 unspecified atom stereocenters. The van der Waals surface area contributed by atoms with E-state index in [4.69, 9.17) is 4.42 Å². The Morgan fingerprint density at radius 1 is 1.35 bits per heavy atom. The minimum absolute atomic E-state index is 0.0549. The number of hydrogen-bond donors (Lipinski definition) is 2. The summed E-state index contributed by atoms with van der Waals surface area (Å²) in [5.41, 5.74) is -0.461. The average molecular weight is 363 g/mol. The van der Waals surface area contributed by atoms with Crippen LogP contribution in [0, 0.1) is 11.3 Å². The molecule has 2 heterocycles. The second kappa shape index (κ2) is 8.38. The lowest BCUT2D eigenvalue weighted by Crippen LogP contribution is -2.51. The highest BCUT2D eigenvalue weighted by Crippen LogP contribution is 2.23. The summed E-state index contributed by atoms with van der Waals surface area (Å²) in [4.78, 5) is 38.8. The molecule has 0 saturated carbocycles. The molecule has 1 aliphatic heterocycles. The number of furan rings is 1. The van der Waals surface area contributed by atoms with Gasteiger partial charge in [0.15, 0.2) is 0 Å². The van der Waals surface area contributed by atoms with Gasteiger partial charge in [0.1, 0.15) is 11.8 Å². The van der Waals surface area contributed by atoms with E-state index in [9.17, 15) is 14.4 Å². The molecule has 7 nitrogen and oxygen atoms in total. The number of piperidine rings is 1. The number of rotatable bonds is 5. The fourth-order valence-electron chi connectivity index (χ4n) is 2.99. The lowest BCUT2D eigenvalue weighted by atomic mass is 9.91. The number of hydrogen-bond acceptors (Lipinski definition) is 4. The highest BCUT2D eigenvalue weighted by Gasteiger charge is 2.34. The van der Waals surface area contributed by atoms with Crippen LogP contribution in [0.1, 0.15) is 46.3 Å². The highest BCUT2D eigenvalue weighted by molar-refractivity contribution is 5.89. The van der Waals surface area contributed by atoms with Crippen LogP contribution in [0.25, 0.3) is 0 Å². The zero-order chi connectivity index (χ0) is 19.3. The molecular weight excluding hydrogens is 334 g/mol. The molecule has 1 aliphatic rings. The Balaban J connectivity index is 1.83. The first-order valence-electron chi connectivity index (χ1n) is 9.08. The highest BCUT2D eigenvalue weighted by atomic mass is 16.3. The van der Waals surface area contributed by atoms with Gasteiger partial charge >= 0.3 is 0 Å². The van der Waals surface area contributed by atoms with Gasteiger partial charge in [0.05, 0.1) is 18.7 Å². The third kappa shape index (κ3) is 5.34. The van der Waals surface area contributed by atoms with Gasteiger partial charge in [0.25, 0.3) is 0 Å². The van der Waals surface area contributed by atoms with Gasteiger partial charge in [0.2, 0.25) is 17.7 Å². The van der Waals surface area contributed by atoms with Crippen molar-refractivity contribution in [3.63, 3.8) is 0 Å². The molecule has 1 saturated heterocycles. The summed E-state index contributed by atoms with van der Waals surface area (Å²) in [5, 5.41) is 5.49. The predicted molar refractivity (Wildman–Crippen MR) is 96.9 cm³/mol. The lowest BCUT2D eigenvalue weighted by molar-refractivity contribution is -0.143. The quantitative estimate of drug-likeness (QED) is 0.833. The van der Waals surface area contributed by atoms with E-state index in [1.54, 1.807) is 30.2 Å². The van der Waals surface area contributed by atoms with Gasteiger partial charge in [-0.2, -0.15) is 0 Å². The van der Waals surface area contributed by atoms with Gasteiger partial charge in [0, 0.05) is 18.5 Å². The van der Waals surface area contributed by atoms with E-state index in [0.717, 1.165) is 12.8 Å². The minimum Gasteiger partial charge on any atom is -0.467 e. The van der Waals surface area contributed by atoms with Gasteiger partial charge in [-0.3, -0.25) is 14.4 Å². The van der Waals surface area contributed by atoms with E-state index >= 15 is 0 Å². The number of nitrogens with zero attached hydrogens (tertiary/aromatic N) is 1. The number of carbonyl (C=O) groups excluding carboxylic acids is 3. The second-order valence-corrected chi connectivity index (χ2v) is 7.87. The molecular formula is C19H29N3O4. The van der Waals surface area contributed by atoms with Crippen molar-refractivity contribution in [3.8, 4) is 0 Å². The van der Waals surface area contributed by atoms with Crippen molar-refractivity contribution in [2.75, 3.05) is 13.1 Å². The summed E-state index contributed by atoms with van der Waals surface area (Å²) in [6, 6.07) is 2.87. The lowest BCUT2D eigenvalue weighted by Gasteiger charge is -2.36. The third-order valence-electron chi connectivity index (χ3n) is 4.49. The molecule has 3 amide bonds. The van der Waals surface area contributed by atoms with Crippen molar-refractivity contribution in [1.29, 1.82) is 0 Å². The van der Waals surface area contributed by atoms with Crippen LogP contribution in [0.5, 0.6) is 0 Å². The van der Waals surface area contributed by atoms with Gasteiger partial charge in [-0.05, 0) is 31.9 Å². The van der Waals surface area contributed by atoms with Crippen LogP contribution in [0.3, 0.4) is 0 Å². The molecule has 0 spiro atoms. The van der Waals surface area contributed by atoms with Crippen molar-refractivity contribution in [1.82, 2.24) is 15.5 Å². The maximum absolute atomic E-state index is 12.5. The van der Waals surface area contributed by atoms with Crippen molar-refractivity contribution in [2.45, 2.75) is 53.1 Å². The van der Waals surface area contributed by atoms with Crippen LogP contribution in [0.4, 0.5) is 0 Å². The minimum atomic E-state index is -0.647. The molecule has 7 heteroatoms. The first kappa shape index (κ1) is 20.0. The monoisotopic (exact) mass is 363 g/mol. The third-order valence-corrected chi connectivity index (χ3v) is 4.49. The van der Waals surface area contributed by atoms with E-state index in [1.165, 1.54) is 0 Å². The van der Waals surface area contributed by atoms with Crippen molar-refractivity contribution >= 4 is 17.7 Å². The van der Waals surface area contributed by atoms with Crippen LogP contribution >= 0.6 is 0 Å². The summed E-state index contributed by atoms with van der Waals surface area (Å²) in [6.07, 6.45) is 3.06. The Hall–Kier alpha value is -2.31. The Bertz CT molecular complexity index is 634. The predicted octanol–water partition coefficient (Wildman–Crippen LogP) is 1.69. The topological polar surface area (TPSA) is 91.7 Å². The molecule has 0 radical (unpaired) electrons. The van der Waals surface area contributed by atoms with Gasteiger partial charge in [-0.15, -0.1) is 0 Å². The Morgan fingerprint density at radius 3 is 2.69 bits per heavy atom. The fourth-order valence-corrected chi connectivity index (χ4v) is 2.99. The second-order valence-electron chi connectivity index (χ2n) is 7.87. The Kier molecular flexibility index (Phi) is 6.45. The molecule has 26 heavy (non-hydrogen) atoms. The van der Waals surface area contributed by atoms with E-state index in [2.05, 4.69) is 10.6 Å².